The zero-order valence-electron chi connectivity index (χ0n) is 16.2. The maximum Gasteiger partial charge on any atom is 0.325 e. The number of halogens is 1. The third-order valence-electron chi connectivity index (χ3n) is 5.72. The number of aromatic nitrogens is 2. The summed E-state index contributed by atoms with van der Waals surface area (Å²) in [5, 5.41) is 17.4. The summed E-state index contributed by atoms with van der Waals surface area (Å²) in [7, 11) is 0. The molecule has 32 heavy (non-hydrogen) atoms. The van der Waals surface area contributed by atoms with E-state index in [4.69, 9.17) is 25.6 Å². The first-order valence-electron chi connectivity index (χ1n) is 9.72. The van der Waals surface area contributed by atoms with Crippen LogP contribution >= 0.6 is 22.6 Å². The Kier molecular flexibility index (Phi) is 4.76. The smallest absolute Gasteiger partial charge is 0.325 e. The lowest BCUT2D eigenvalue weighted by Crippen LogP contribution is -2.49. The molecule has 0 saturated carbocycles. The fourth-order valence-electron chi connectivity index (χ4n) is 4.25. The molecule has 0 radical (unpaired) electrons. The summed E-state index contributed by atoms with van der Waals surface area (Å²) in [6.45, 7) is -3.43. The molecule has 14 heteroatoms. The maximum absolute atomic E-state index is 13.2. The van der Waals surface area contributed by atoms with E-state index in [2.05, 4.69) is 31.5 Å². The van der Waals surface area contributed by atoms with Crippen LogP contribution in [0.5, 0.6) is 0 Å². The van der Waals surface area contributed by atoms with E-state index >= 15 is 0 Å². The molecule has 168 valence electrons. The van der Waals surface area contributed by atoms with Crippen LogP contribution in [-0.2, 0) is 25.6 Å². The van der Waals surface area contributed by atoms with Crippen molar-refractivity contribution in [3.05, 3.63) is 52.5 Å². The van der Waals surface area contributed by atoms with Crippen LogP contribution in [-0.4, -0.2) is 61.6 Å². The molecular formula is C18H17BrN5O6PS. The van der Waals surface area contributed by atoms with Gasteiger partial charge in [-0.05, 0) is 33.3 Å². The molecule has 1 aromatic heterocycles. The molecule has 0 bridgehead atoms. The van der Waals surface area contributed by atoms with Crippen molar-refractivity contribution < 1.29 is 28.6 Å². The van der Waals surface area contributed by atoms with Crippen molar-refractivity contribution in [2.24, 2.45) is 0 Å². The van der Waals surface area contributed by atoms with Gasteiger partial charge < -0.3 is 29.9 Å². The van der Waals surface area contributed by atoms with Crippen LogP contribution in [0, 0.1) is 0 Å². The molecule has 1 aromatic carbocycles. The van der Waals surface area contributed by atoms with Gasteiger partial charge in [0.05, 0.1) is 12.3 Å². The van der Waals surface area contributed by atoms with Crippen molar-refractivity contribution in [1.29, 1.82) is 0 Å². The fourth-order valence-corrected chi connectivity index (χ4v) is 6.25. The zero-order valence-corrected chi connectivity index (χ0v) is 19.5. The number of rotatable bonds is 2. The number of hydrogen-bond donors (Lipinski definition) is 4. The van der Waals surface area contributed by atoms with E-state index in [-0.39, 0.29) is 18.2 Å². The number of anilines is 1. The summed E-state index contributed by atoms with van der Waals surface area (Å²) < 4.78 is 18.4. The number of benzene rings is 1. The Hall–Kier alpha value is -1.83. The first-order chi connectivity index (χ1) is 15.3. The molecular weight excluding hydrogens is 525 g/mol. The predicted octanol–water partition coefficient (Wildman–Crippen LogP) is 1.29. The van der Waals surface area contributed by atoms with E-state index in [0.29, 0.717) is 10.6 Å². The molecule has 2 saturated heterocycles. The van der Waals surface area contributed by atoms with E-state index in [0.717, 1.165) is 11.3 Å². The molecule has 2 fully saturated rings. The van der Waals surface area contributed by atoms with Crippen LogP contribution in [0.3, 0.4) is 0 Å². The van der Waals surface area contributed by atoms with Crippen LogP contribution in [0.25, 0.3) is 5.70 Å². The van der Waals surface area contributed by atoms with Gasteiger partial charge in [0.25, 0.3) is 5.91 Å². The van der Waals surface area contributed by atoms with Gasteiger partial charge in [0.1, 0.15) is 24.1 Å². The second kappa shape index (κ2) is 7.34. The molecule has 2 unspecified atom stereocenters. The molecule has 1 amide bonds. The standard InChI is InChI=1S/C18H17BrN5O6PS/c19-17-21-11-14(24(17)16-12(25)13-10(29-16)7-28-31(27,32)30-13)22-18-20-9(6-23(18)15(11)26)8-4-2-1-3-5-8/h1-6,10,12-13,16,18,20,22,25H,7H2,(H,27,32)/t10-,12-,13+,16-,18?,31?/m1/s1. The Morgan fingerprint density at radius 1 is 1.28 bits per heavy atom. The van der Waals surface area contributed by atoms with Gasteiger partial charge in [0.15, 0.2) is 22.9 Å². The normalized spacial score (nSPS) is 35.5. The minimum absolute atomic E-state index is 0.00478. The van der Waals surface area contributed by atoms with Crippen molar-refractivity contribution in [2.45, 2.75) is 30.8 Å². The highest BCUT2D eigenvalue weighted by Crippen LogP contribution is 2.53. The van der Waals surface area contributed by atoms with Crippen molar-refractivity contribution in [3.63, 3.8) is 0 Å². The van der Waals surface area contributed by atoms with Crippen LogP contribution in [0.1, 0.15) is 22.3 Å². The molecule has 0 spiro atoms. The van der Waals surface area contributed by atoms with Gasteiger partial charge in [0.2, 0.25) is 0 Å². The number of carbonyl (C=O) groups excluding carboxylic acids is 1. The predicted molar refractivity (Wildman–Crippen MR) is 118 cm³/mol. The minimum atomic E-state index is -3.43. The maximum atomic E-state index is 13.2. The Balaban J connectivity index is 1.32. The van der Waals surface area contributed by atoms with Gasteiger partial charge in [0, 0.05) is 6.20 Å². The third kappa shape index (κ3) is 3.16. The second-order valence-corrected chi connectivity index (χ2v) is 11.2. The minimum Gasteiger partial charge on any atom is -0.386 e. The molecule has 2 aromatic rings. The largest absolute Gasteiger partial charge is 0.386 e. The first kappa shape index (κ1) is 20.8. The molecule has 0 aliphatic carbocycles. The second-order valence-electron chi connectivity index (χ2n) is 7.65. The summed E-state index contributed by atoms with van der Waals surface area (Å²) in [5.74, 6) is 0.0716. The number of amides is 1. The third-order valence-corrected chi connectivity index (χ3v) is 7.84. The fraction of sp³-hybridized carbons (Fsp3) is 0.333. The van der Waals surface area contributed by atoms with Gasteiger partial charge in [-0.25, -0.2) is 4.98 Å². The van der Waals surface area contributed by atoms with Crippen molar-refractivity contribution in [2.75, 3.05) is 11.9 Å². The Bertz CT molecular complexity index is 1190. The number of carbonyl (C=O) groups is 1. The topological polar surface area (TPSA) is 130 Å². The highest BCUT2D eigenvalue weighted by Gasteiger charge is 2.53. The molecule has 4 aliphatic heterocycles. The van der Waals surface area contributed by atoms with Crippen LogP contribution in [0.4, 0.5) is 5.82 Å². The number of hydrogen-bond acceptors (Lipinski definition) is 9. The summed E-state index contributed by atoms with van der Waals surface area (Å²) in [6.07, 6.45) is -2.41. The summed E-state index contributed by atoms with van der Waals surface area (Å²) in [4.78, 5) is 29.0. The molecule has 4 aliphatic rings. The number of fused-ring (bicyclic) bond motifs is 3. The van der Waals surface area contributed by atoms with Crippen LogP contribution in [0.15, 0.2) is 41.3 Å². The molecule has 11 nitrogen and oxygen atoms in total. The average Bonchev–Trinajstić information content (AvgIpc) is 3.43. The quantitative estimate of drug-likeness (QED) is 0.412. The van der Waals surface area contributed by atoms with E-state index in [1.807, 2.05) is 30.3 Å². The summed E-state index contributed by atoms with van der Waals surface area (Å²) in [6, 6.07) is 9.65. The van der Waals surface area contributed by atoms with E-state index in [9.17, 15) is 14.8 Å². The van der Waals surface area contributed by atoms with Crippen LogP contribution in [0.2, 0.25) is 0 Å². The van der Waals surface area contributed by atoms with Crippen LogP contribution < -0.4 is 10.6 Å². The van der Waals surface area contributed by atoms with Gasteiger partial charge in [-0.15, -0.1) is 0 Å². The molecule has 4 N–H and O–H groups in total. The Morgan fingerprint density at radius 3 is 2.84 bits per heavy atom. The van der Waals surface area contributed by atoms with Gasteiger partial charge in [-0.2, -0.15) is 0 Å². The monoisotopic (exact) mass is 541 g/mol. The van der Waals surface area contributed by atoms with Crippen molar-refractivity contribution in [3.8, 4) is 0 Å². The molecule has 6 rings (SSSR count). The summed E-state index contributed by atoms with van der Waals surface area (Å²) in [5.41, 5.74) is 1.90. The number of aliphatic hydroxyl groups is 1. The lowest BCUT2D eigenvalue weighted by Gasteiger charge is -2.31. The van der Waals surface area contributed by atoms with E-state index in [1.54, 1.807) is 10.8 Å². The van der Waals surface area contributed by atoms with Gasteiger partial charge >= 0.3 is 6.72 Å². The number of imidazole rings is 1. The van der Waals surface area contributed by atoms with Gasteiger partial charge in [-0.1, -0.05) is 30.3 Å². The Labute approximate surface area is 195 Å². The summed E-state index contributed by atoms with van der Waals surface area (Å²) >= 11 is 8.27. The lowest BCUT2D eigenvalue weighted by atomic mass is 10.1. The number of nitrogens with one attached hydrogen (secondary N) is 2. The zero-order chi connectivity index (χ0) is 22.2. The molecule has 5 heterocycles. The highest BCUT2D eigenvalue weighted by atomic mass is 79.9. The van der Waals surface area contributed by atoms with E-state index < -0.39 is 37.5 Å². The van der Waals surface area contributed by atoms with Gasteiger partial charge in [-0.3, -0.25) is 18.8 Å². The number of ether oxygens (including phenoxy) is 1. The average molecular weight is 542 g/mol. The number of nitrogens with zero attached hydrogens (tertiary/aromatic N) is 3. The van der Waals surface area contributed by atoms with E-state index in [1.165, 1.54) is 4.90 Å². The van der Waals surface area contributed by atoms with Crippen molar-refractivity contribution >= 4 is 51.9 Å². The SMILES string of the molecule is O=C1c2nc(Br)n([C@@H]3O[C@@H]4COP(O)(=S)O[C@@H]4[C@H]3O)c2NC2NC(c3ccccc3)=CN12. The first-order valence-corrected chi connectivity index (χ1v) is 13.1. The molecule has 6 atom stereocenters. The van der Waals surface area contributed by atoms with Crippen molar-refractivity contribution in [1.82, 2.24) is 19.8 Å². The lowest BCUT2D eigenvalue weighted by molar-refractivity contribution is -0.0606. The number of aliphatic hydroxyl groups excluding tert-OH is 1. The highest BCUT2D eigenvalue weighted by molar-refractivity contribution is 9.10. The Morgan fingerprint density at radius 2 is 2.06 bits per heavy atom.